The molecule has 0 saturated heterocycles. The van der Waals surface area contributed by atoms with Gasteiger partial charge in [-0.15, -0.1) is 0 Å². The van der Waals surface area contributed by atoms with Crippen LogP contribution in [0.3, 0.4) is 0 Å². The molecule has 1 aromatic rings. The van der Waals surface area contributed by atoms with Crippen LogP contribution in [0, 0.1) is 11.3 Å². The molecule has 0 heterocycles. The van der Waals surface area contributed by atoms with E-state index in [-0.39, 0.29) is 12.1 Å². The van der Waals surface area contributed by atoms with Crippen LogP contribution in [0.2, 0.25) is 0 Å². The second-order valence-electron chi connectivity index (χ2n) is 5.69. The molecule has 1 aromatic carbocycles. The van der Waals surface area contributed by atoms with Gasteiger partial charge in [0.1, 0.15) is 5.75 Å². The van der Waals surface area contributed by atoms with Crippen LogP contribution in [-0.2, 0) is 4.74 Å². The number of benzene rings is 1. The van der Waals surface area contributed by atoms with E-state index >= 15 is 0 Å². The Bertz CT molecular complexity index is 553. The van der Waals surface area contributed by atoms with Gasteiger partial charge in [0.15, 0.2) is 0 Å². The molecule has 6 nitrogen and oxygen atoms in total. The summed E-state index contributed by atoms with van der Waals surface area (Å²) in [7, 11) is 0. The second kappa shape index (κ2) is 11.3. The molecule has 132 valence electrons. The zero-order valence-electron chi connectivity index (χ0n) is 14.7. The number of amides is 2. The summed E-state index contributed by atoms with van der Waals surface area (Å²) in [6.45, 7) is 7.84. The van der Waals surface area contributed by atoms with Crippen LogP contribution in [-0.4, -0.2) is 31.9 Å². The van der Waals surface area contributed by atoms with Crippen molar-refractivity contribution in [3.05, 3.63) is 23.8 Å². The van der Waals surface area contributed by atoms with Crippen molar-refractivity contribution in [3.8, 4) is 11.8 Å². The highest BCUT2D eigenvalue weighted by molar-refractivity contribution is 5.91. The summed E-state index contributed by atoms with van der Waals surface area (Å²) in [5, 5.41) is 14.5. The van der Waals surface area contributed by atoms with Gasteiger partial charge in [-0.2, -0.15) is 5.26 Å². The van der Waals surface area contributed by atoms with Gasteiger partial charge in [0, 0.05) is 19.8 Å². The normalized spacial score (nSPS) is 10.3. The molecule has 0 aliphatic rings. The van der Waals surface area contributed by atoms with E-state index in [1.165, 1.54) is 0 Å². The number of anilines is 1. The van der Waals surface area contributed by atoms with Crippen LogP contribution in [0.15, 0.2) is 18.2 Å². The van der Waals surface area contributed by atoms with Gasteiger partial charge in [-0.25, -0.2) is 4.79 Å². The Kier molecular flexibility index (Phi) is 9.32. The SMILES string of the molecule is CCCCOCCCNC(=O)Nc1cc(C#N)ccc1OC(C)C. The van der Waals surface area contributed by atoms with E-state index in [0.29, 0.717) is 30.2 Å². The monoisotopic (exact) mass is 333 g/mol. The molecule has 0 aliphatic carbocycles. The first-order valence-electron chi connectivity index (χ1n) is 8.40. The summed E-state index contributed by atoms with van der Waals surface area (Å²) in [5.41, 5.74) is 0.949. The zero-order chi connectivity index (χ0) is 17.8. The first kappa shape index (κ1) is 19.8. The number of nitrogens with zero attached hydrogens (tertiary/aromatic N) is 1. The van der Waals surface area contributed by atoms with E-state index in [9.17, 15) is 4.79 Å². The van der Waals surface area contributed by atoms with Gasteiger partial charge in [0.05, 0.1) is 23.4 Å². The van der Waals surface area contributed by atoms with E-state index in [4.69, 9.17) is 14.7 Å². The van der Waals surface area contributed by atoms with Crippen molar-refractivity contribution in [1.82, 2.24) is 5.32 Å². The molecule has 0 aliphatic heterocycles. The third-order valence-electron chi connectivity index (χ3n) is 3.11. The summed E-state index contributed by atoms with van der Waals surface area (Å²) in [4.78, 5) is 12.0. The molecule has 0 spiro atoms. The third-order valence-corrected chi connectivity index (χ3v) is 3.11. The van der Waals surface area contributed by atoms with Crippen LogP contribution < -0.4 is 15.4 Å². The predicted octanol–water partition coefficient (Wildman–Crippen LogP) is 3.67. The Hall–Kier alpha value is -2.26. The number of ether oxygens (including phenoxy) is 2. The van der Waals surface area contributed by atoms with Crippen LogP contribution in [0.4, 0.5) is 10.5 Å². The lowest BCUT2D eigenvalue weighted by atomic mass is 10.2. The van der Waals surface area contributed by atoms with Crippen LogP contribution in [0.25, 0.3) is 0 Å². The quantitative estimate of drug-likeness (QED) is 0.640. The molecular formula is C18H27N3O3. The molecule has 2 amide bonds. The van der Waals surface area contributed by atoms with Gasteiger partial charge in [-0.3, -0.25) is 0 Å². The molecule has 0 atom stereocenters. The predicted molar refractivity (Wildman–Crippen MR) is 94.3 cm³/mol. The molecule has 1 rings (SSSR count). The molecule has 0 fully saturated rings. The highest BCUT2D eigenvalue weighted by Gasteiger charge is 2.10. The van der Waals surface area contributed by atoms with Crippen molar-refractivity contribution in [3.63, 3.8) is 0 Å². The van der Waals surface area contributed by atoms with E-state index < -0.39 is 0 Å². The first-order chi connectivity index (χ1) is 11.6. The van der Waals surface area contributed by atoms with Crippen molar-refractivity contribution >= 4 is 11.7 Å². The van der Waals surface area contributed by atoms with Gasteiger partial charge in [0.25, 0.3) is 0 Å². The summed E-state index contributed by atoms with van der Waals surface area (Å²) in [5.74, 6) is 0.544. The topological polar surface area (TPSA) is 83.4 Å². The van der Waals surface area contributed by atoms with Gasteiger partial charge in [-0.05, 0) is 44.9 Å². The van der Waals surface area contributed by atoms with Crippen molar-refractivity contribution in [2.75, 3.05) is 25.1 Å². The summed E-state index contributed by atoms with van der Waals surface area (Å²) < 4.78 is 11.1. The lowest BCUT2D eigenvalue weighted by Crippen LogP contribution is -2.30. The number of rotatable bonds is 10. The molecule has 0 aromatic heterocycles. The Labute approximate surface area is 144 Å². The Morgan fingerprint density at radius 1 is 1.29 bits per heavy atom. The van der Waals surface area contributed by atoms with E-state index in [2.05, 4.69) is 23.6 Å². The third kappa shape index (κ3) is 7.84. The minimum atomic E-state index is -0.327. The molecule has 2 N–H and O–H groups in total. The van der Waals surface area contributed by atoms with Gasteiger partial charge in [0.2, 0.25) is 0 Å². The number of hydrogen-bond donors (Lipinski definition) is 2. The van der Waals surface area contributed by atoms with Crippen LogP contribution in [0.1, 0.15) is 45.6 Å². The summed E-state index contributed by atoms with van der Waals surface area (Å²) in [6, 6.07) is 6.68. The standard InChI is InChI=1S/C18H27N3O3/c1-4-5-10-23-11-6-9-20-18(22)21-16-12-15(13-19)7-8-17(16)24-14(2)3/h7-8,12,14H,4-6,9-11H2,1-3H3,(H2,20,21,22). The largest absolute Gasteiger partial charge is 0.489 e. The second-order valence-corrected chi connectivity index (χ2v) is 5.69. The van der Waals surface area contributed by atoms with E-state index in [1.807, 2.05) is 13.8 Å². The molecular weight excluding hydrogens is 306 g/mol. The fourth-order valence-electron chi connectivity index (χ4n) is 1.95. The number of urea groups is 1. The Balaban J connectivity index is 2.46. The zero-order valence-corrected chi connectivity index (χ0v) is 14.7. The number of unbranched alkanes of at least 4 members (excludes halogenated alkanes) is 1. The lowest BCUT2D eigenvalue weighted by Gasteiger charge is -2.15. The number of hydrogen-bond acceptors (Lipinski definition) is 4. The van der Waals surface area contributed by atoms with E-state index in [1.54, 1.807) is 18.2 Å². The number of nitrogens with one attached hydrogen (secondary N) is 2. The van der Waals surface area contributed by atoms with Crippen molar-refractivity contribution in [2.24, 2.45) is 0 Å². The highest BCUT2D eigenvalue weighted by atomic mass is 16.5. The molecule has 6 heteroatoms. The molecule has 24 heavy (non-hydrogen) atoms. The maximum absolute atomic E-state index is 12.0. The van der Waals surface area contributed by atoms with Crippen molar-refractivity contribution in [1.29, 1.82) is 5.26 Å². The maximum Gasteiger partial charge on any atom is 0.319 e. The summed E-state index contributed by atoms with van der Waals surface area (Å²) in [6.07, 6.45) is 2.90. The van der Waals surface area contributed by atoms with E-state index in [0.717, 1.165) is 25.9 Å². The fraction of sp³-hybridized carbons (Fsp3) is 0.556. The molecule has 0 unspecified atom stereocenters. The van der Waals surface area contributed by atoms with Gasteiger partial charge < -0.3 is 20.1 Å². The van der Waals surface area contributed by atoms with Gasteiger partial charge in [-0.1, -0.05) is 13.3 Å². The minimum absolute atomic E-state index is 0.0261. The molecule has 0 saturated carbocycles. The minimum Gasteiger partial charge on any atom is -0.489 e. The van der Waals surface area contributed by atoms with Crippen LogP contribution >= 0.6 is 0 Å². The average molecular weight is 333 g/mol. The Morgan fingerprint density at radius 3 is 2.71 bits per heavy atom. The summed E-state index contributed by atoms with van der Waals surface area (Å²) >= 11 is 0. The highest BCUT2D eigenvalue weighted by Crippen LogP contribution is 2.26. The Morgan fingerprint density at radius 2 is 2.04 bits per heavy atom. The average Bonchev–Trinajstić information content (AvgIpc) is 2.55. The maximum atomic E-state index is 12.0. The molecule has 0 radical (unpaired) electrons. The number of nitriles is 1. The lowest BCUT2D eigenvalue weighted by molar-refractivity contribution is 0.129. The van der Waals surface area contributed by atoms with Crippen LogP contribution in [0.5, 0.6) is 5.75 Å². The van der Waals surface area contributed by atoms with Crippen molar-refractivity contribution in [2.45, 2.75) is 46.1 Å². The molecule has 0 bridgehead atoms. The number of carbonyl (C=O) groups excluding carboxylic acids is 1. The first-order valence-corrected chi connectivity index (χ1v) is 8.40. The fourth-order valence-corrected chi connectivity index (χ4v) is 1.95. The number of carbonyl (C=O) groups is 1. The smallest absolute Gasteiger partial charge is 0.319 e. The van der Waals surface area contributed by atoms with Crippen molar-refractivity contribution < 1.29 is 14.3 Å². The van der Waals surface area contributed by atoms with Gasteiger partial charge >= 0.3 is 6.03 Å².